The van der Waals surface area contributed by atoms with Crippen molar-refractivity contribution >= 4 is 22.7 Å². The average molecular weight is 337 g/mol. The number of carbonyl (C=O) groups is 2. The predicted octanol–water partition coefficient (Wildman–Crippen LogP) is 2.38. The number of benzene rings is 1. The standard InChI is InChI=1S/C19H19N3O3/c23-18(21-13-7-8-13)16(22-19(24)17-6-3-9-25-17)10-12-11-20-15-5-2-1-4-14(12)15/h1-6,9,11,13,16,20H,7-8,10H2,(H,21,23)(H,22,24)/t16-/m0/s1. The van der Waals surface area contributed by atoms with Gasteiger partial charge in [-0.15, -0.1) is 0 Å². The van der Waals surface area contributed by atoms with Gasteiger partial charge in [0, 0.05) is 29.6 Å². The molecule has 3 aromatic rings. The van der Waals surface area contributed by atoms with Crippen molar-refractivity contribution in [1.82, 2.24) is 15.6 Å². The van der Waals surface area contributed by atoms with Gasteiger partial charge in [0.15, 0.2) is 5.76 Å². The van der Waals surface area contributed by atoms with E-state index < -0.39 is 6.04 Å². The molecule has 0 spiro atoms. The molecule has 6 heteroatoms. The lowest BCUT2D eigenvalue weighted by Gasteiger charge is -2.17. The third-order valence-electron chi connectivity index (χ3n) is 4.39. The monoisotopic (exact) mass is 337 g/mol. The topological polar surface area (TPSA) is 87.1 Å². The van der Waals surface area contributed by atoms with E-state index in [2.05, 4.69) is 15.6 Å². The van der Waals surface area contributed by atoms with Crippen LogP contribution in [0.5, 0.6) is 0 Å². The fourth-order valence-electron chi connectivity index (χ4n) is 2.90. The zero-order chi connectivity index (χ0) is 17.2. The van der Waals surface area contributed by atoms with Gasteiger partial charge in [-0.1, -0.05) is 18.2 Å². The Balaban J connectivity index is 1.55. The van der Waals surface area contributed by atoms with Crippen molar-refractivity contribution in [2.45, 2.75) is 31.3 Å². The maximum atomic E-state index is 12.6. The zero-order valence-corrected chi connectivity index (χ0v) is 13.6. The number of rotatable bonds is 6. The fraction of sp³-hybridized carbons (Fsp3) is 0.263. The van der Waals surface area contributed by atoms with Gasteiger partial charge in [-0.2, -0.15) is 0 Å². The quantitative estimate of drug-likeness (QED) is 0.645. The SMILES string of the molecule is O=C(N[C@@H](Cc1c[nH]c2ccccc12)C(=O)NC1CC1)c1ccco1. The normalized spacial score (nSPS) is 15.0. The number of amides is 2. The number of aromatic amines is 1. The van der Waals surface area contributed by atoms with Gasteiger partial charge in [0.2, 0.25) is 5.91 Å². The molecule has 1 aromatic carbocycles. The zero-order valence-electron chi connectivity index (χ0n) is 13.6. The highest BCUT2D eigenvalue weighted by Gasteiger charge is 2.29. The molecule has 0 radical (unpaired) electrons. The van der Waals surface area contributed by atoms with E-state index in [0.717, 1.165) is 29.3 Å². The van der Waals surface area contributed by atoms with E-state index in [1.54, 1.807) is 12.1 Å². The first-order chi connectivity index (χ1) is 12.2. The second-order valence-electron chi connectivity index (χ2n) is 6.35. The lowest BCUT2D eigenvalue weighted by molar-refractivity contribution is -0.123. The molecule has 0 unspecified atom stereocenters. The molecule has 0 aliphatic heterocycles. The van der Waals surface area contributed by atoms with Crippen LogP contribution in [0.3, 0.4) is 0 Å². The molecule has 3 N–H and O–H groups in total. The van der Waals surface area contributed by atoms with Crippen molar-refractivity contribution in [2.24, 2.45) is 0 Å². The number of furan rings is 1. The van der Waals surface area contributed by atoms with E-state index in [0.29, 0.717) is 6.42 Å². The summed E-state index contributed by atoms with van der Waals surface area (Å²) in [5, 5.41) is 6.82. The molecule has 2 aromatic heterocycles. The first kappa shape index (κ1) is 15.5. The van der Waals surface area contributed by atoms with Gasteiger partial charge < -0.3 is 20.0 Å². The molecule has 4 rings (SSSR count). The minimum absolute atomic E-state index is 0.160. The number of aromatic nitrogens is 1. The van der Waals surface area contributed by atoms with Gasteiger partial charge in [-0.05, 0) is 36.6 Å². The summed E-state index contributed by atoms with van der Waals surface area (Å²) in [6.07, 6.45) is 5.74. The number of fused-ring (bicyclic) bond motifs is 1. The largest absolute Gasteiger partial charge is 0.459 e. The molecule has 1 aliphatic carbocycles. The Morgan fingerprint density at radius 1 is 1.20 bits per heavy atom. The molecule has 2 amide bonds. The Morgan fingerprint density at radius 2 is 2.04 bits per heavy atom. The highest BCUT2D eigenvalue weighted by atomic mass is 16.3. The van der Waals surface area contributed by atoms with Crippen LogP contribution in [0.4, 0.5) is 0 Å². The number of H-pyrrole nitrogens is 1. The summed E-state index contributed by atoms with van der Waals surface area (Å²) >= 11 is 0. The van der Waals surface area contributed by atoms with Crippen molar-refractivity contribution in [3.63, 3.8) is 0 Å². The minimum atomic E-state index is -0.655. The van der Waals surface area contributed by atoms with E-state index in [9.17, 15) is 9.59 Å². The number of hydrogen-bond donors (Lipinski definition) is 3. The van der Waals surface area contributed by atoms with Crippen LogP contribution in [0.15, 0.2) is 53.3 Å². The molecule has 25 heavy (non-hydrogen) atoms. The lowest BCUT2D eigenvalue weighted by Crippen LogP contribution is -2.48. The van der Waals surface area contributed by atoms with Crippen LogP contribution in [-0.4, -0.2) is 28.9 Å². The van der Waals surface area contributed by atoms with Crippen LogP contribution in [0, 0.1) is 0 Å². The Hall–Kier alpha value is -3.02. The fourth-order valence-corrected chi connectivity index (χ4v) is 2.90. The Kier molecular flexibility index (Phi) is 4.01. The second kappa shape index (κ2) is 6.47. The Labute approximate surface area is 144 Å². The number of nitrogens with one attached hydrogen (secondary N) is 3. The molecule has 0 saturated heterocycles. The Bertz CT molecular complexity index is 894. The molecule has 1 atom stereocenters. The van der Waals surface area contributed by atoms with Gasteiger partial charge in [0.05, 0.1) is 6.26 Å². The third kappa shape index (κ3) is 3.42. The highest BCUT2D eigenvalue weighted by Crippen LogP contribution is 2.21. The summed E-state index contributed by atoms with van der Waals surface area (Å²) in [5.74, 6) is -0.350. The van der Waals surface area contributed by atoms with Crippen LogP contribution in [0.2, 0.25) is 0 Å². The molecule has 128 valence electrons. The lowest BCUT2D eigenvalue weighted by atomic mass is 10.0. The van der Waals surface area contributed by atoms with Crippen LogP contribution >= 0.6 is 0 Å². The van der Waals surface area contributed by atoms with Gasteiger partial charge in [0.1, 0.15) is 6.04 Å². The number of hydrogen-bond acceptors (Lipinski definition) is 3. The first-order valence-electron chi connectivity index (χ1n) is 8.40. The molecule has 2 heterocycles. The molecule has 1 saturated carbocycles. The molecular weight excluding hydrogens is 318 g/mol. The van der Waals surface area contributed by atoms with Gasteiger partial charge >= 0.3 is 0 Å². The van der Waals surface area contributed by atoms with E-state index >= 15 is 0 Å². The highest BCUT2D eigenvalue weighted by molar-refractivity contribution is 5.96. The minimum Gasteiger partial charge on any atom is -0.459 e. The number of carbonyl (C=O) groups excluding carboxylic acids is 2. The van der Waals surface area contributed by atoms with Crippen LogP contribution in [0.25, 0.3) is 10.9 Å². The number of para-hydroxylation sites is 1. The maximum absolute atomic E-state index is 12.6. The molecule has 0 bridgehead atoms. The van der Waals surface area contributed by atoms with Gasteiger partial charge in [0.25, 0.3) is 5.91 Å². The summed E-state index contributed by atoms with van der Waals surface area (Å²) in [4.78, 5) is 28.1. The third-order valence-corrected chi connectivity index (χ3v) is 4.39. The summed E-state index contributed by atoms with van der Waals surface area (Å²) in [7, 11) is 0. The van der Waals surface area contributed by atoms with E-state index in [4.69, 9.17) is 4.42 Å². The summed E-state index contributed by atoms with van der Waals surface area (Å²) in [5.41, 5.74) is 2.00. The maximum Gasteiger partial charge on any atom is 0.287 e. The molecule has 1 aliphatic rings. The van der Waals surface area contributed by atoms with E-state index in [1.807, 2.05) is 30.5 Å². The smallest absolute Gasteiger partial charge is 0.287 e. The van der Waals surface area contributed by atoms with Gasteiger partial charge in [-0.25, -0.2) is 0 Å². The van der Waals surface area contributed by atoms with E-state index in [-0.39, 0.29) is 23.6 Å². The van der Waals surface area contributed by atoms with Crippen molar-refractivity contribution in [3.8, 4) is 0 Å². The van der Waals surface area contributed by atoms with Crippen LogP contribution in [0.1, 0.15) is 29.0 Å². The van der Waals surface area contributed by atoms with E-state index in [1.165, 1.54) is 6.26 Å². The van der Waals surface area contributed by atoms with Crippen molar-refractivity contribution in [3.05, 3.63) is 60.2 Å². The average Bonchev–Trinajstić information content (AvgIpc) is 3.12. The molecular formula is C19H19N3O3. The first-order valence-corrected chi connectivity index (χ1v) is 8.40. The summed E-state index contributed by atoms with van der Waals surface area (Å²) < 4.78 is 5.12. The van der Waals surface area contributed by atoms with Crippen LogP contribution < -0.4 is 10.6 Å². The summed E-state index contributed by atoms with van der Waals surface area (Å²) in [6, 6.07) is 10.7. The Morgan fingerprint density at radius 3 is 2.80 bits per heavy atom. The van der Waals surface area contributed by atoms with Crippen molar-refractivity contribution in [1.29, 1.82) is 0 Å². The van der Waals surface area contributed by atoms with Crippen molar-refractivity contribution < 1.29 is 14.0 Å². The van der Waals surface area contributed by atoms with Crippen LogP contribution in [-0.2, 0) is 11.2 Å². The second-order valence-corrected chi connectivity index (χ2v) is 6.35. The van der Waals surface area contributed by atoms with Gasteiger partial charge in [-0.3, -0.25) is 9.59 Å². The molecule has 1 fully saturated rings. The predicted molar refractivity (Wildman–Crippen MR) is 93.1 cm³/mol. The van der Waals surface area contributed by atoms with Crippen molar-refractivity contribution in [2.75, 3.05) is 0 Å². The molecule has 6 nitrogen and oxygen atoms in total. The summed E-state index contributed by atoms with van der Waals surface area (Å²) in [6.45, 7) is 0.